The summed E-state index contributed by atoms with van der Waals surface area (Å²) in [6.07, 6.45) is 8.64. The highest BCUT2D eigenvalue weighted by Crippen LogP contribution is 2.22. The van der Waals surface area contributed by atoms with E-state index in [0.29, 0.717) is 23.7 Å². The summed E-state index contributed by atoms with van der Waals surface area (Å²) in [5, 5.41) is 0.621. The van der Waals surface area contributed by atoms with Gasteiger partial charge in [0.1, 0.15) is 5.69 Å². The molecule has 2 aromatic rings. The van der Waals surface area contributed by atoms with E-state index in [0.717, 1.165) is 31.4 Å². The van der Waals surface area contributed by atoms with Crippen LogP contribution >= 0.6 is 11.6 Å². The number of carbonyl (C=O) groups is 2. The Morgan fingerprint density at radius 3 is 2.86 bits per heavy atom. The topological polar surface area (TPSA) is 51.5 Å². The van der Waals surface area contributed by atoms with Crippen LogP contribution in [0.5, 0.6) is 0 Å². The third-order valence-electron chi connectivity index (χ3n) is 5.01. The number of nitrogens with zero attached hydrogens (tertiary/aromatic N) is 2. The Morgan fingerprint density at radius 2 is 2.11 bits per heavy atom. The number of carbonyl (C=O) groups excluding carboxylic acids is 2. The number of piperidine rings is 1. The lowest BCUT2D eigenvalue weighted by atomic mass is 9.99. The molecule has 6 heteroatoms. The van der Waals surface area contributed by atoms with E-state index in [1.807, 2.05) is 47.0 Å². The summed E-state index contributed by atoms with van der Waals surface area (Å²) in [6.45, 7) is 1.04. The highest BCUT2D eigenvalue weighted by Gasteiger charge is 2.28. The van der Waals surface area contributed by atoms with Gasteiger partial charge in [0.05, 0.1) is 6.61 Å². The Bertz CT molecular complexity index is 859. The van der Waals surface area contributed by atoms with Crippen molar-refractivity contribution in [2.45, 2.75) is 31.7 Å². The molecule has 1 fully saturated rings. The van der Waals surface area contributed by atoms with Gasteiger partial charge in [-0.25, -0.2) is 4.79 Å². The first kappa shape index (κ1) is 20.2. The Kier molecular flexibility index (Phi) is 6.93. The molecular weight excluding hydrogens is 376 g/mol. The normalized spacial score (nSPS) is 17.1. The predicted molar refractivity (Wildman–Crippen MR) is 110 cm³/mol. The van der Waals surface area contributed by atoms with Gasteiger partial charge in [0.15, 0.2) is 0 Å². The number of benzene rings is 1. The van der Waals surface area contributed by atoms with E-state index >= 15 is 0 Å². The average Bonchev–Trinajstić information content (AvgIpc) is 3.12. The van der Waals surface area contributed by atoms with Gasteiger partial charge in [-0.3, -0.25) is 4.79 Å². The Hall–Kier alpha value is -2.53. The van der Waals surface area contributed by atoms with Crippen molar-refractivity contribution in [3.63, 3.8) is 0 Å². The van der Waals surface area contributed by atoms with Crippen molar-refractivity contribution in [1.82, 2.24) is 9.47 Å². The molecule has 1 unspecified atom stereocenters. The van der Waals surface area contributed by atoms with Crippen LogP contribution in [0.1, 0.15) is 41.7 Å². The number of hydrogen-bond acceptors (Lipinski definition) is 3. The van der Waals surface area contributed by atoms with E-state index in [4.69, 9.17) is 16.3 Å². The second kappa shape index (κ2) is 9.60. The number of amides is 1. The van der Waals surface area contributed by atoms with E-state index in [1.54, 1.807) is 18.2 Å². The minimum atomic E-state index is -0.393. The third kappa shape index (κ3) is 5.26. The number of ether oxygens (including phenoxy) is 1. The minimum Gasteiger partial charge on any atom is -0.462 e. The van der Waals surface area contributed by atoms with Gasteiger partial charge in [0.2, 0.25) is 0 Å². The summed E-state index contributed by atoms with van der Waals surface area (Å²) in [5.41, 5.74) is 1.53. The fourth-order valence-electron chi connectivity index (χ4n) is 3.52. The lowest BCUT2D eigenvalue weighted by molar-refractivity contribution is -0.138. The summed E-state index contributed by atoms with van der Waals surface area (Å²) < 4.78 is 7.18. The van der Waals surface area contributed by atoms with Crippen LogP contribution in [0.2, 0.25) is 5.02 Å². The van der Waals surface area contributed by atoms with Crippen LogP contribution in [0.25, 0.3) is 6.08 Å². The molecule has 28 heavy (non-hydrogen) atoms. The van der Waals surface area contributed by atoms with Crippen molar-refractivity contribution >= 4 is 29.6 Å². The van der Waals surface area contributed by atoms with E-state index in [-0.39, 0.29) is 11.9 Å². The number of hydrogen-bond donors (Lipinski definition) is 0. The molecular formula is C22H25ClN2O3. The van der Waals surface area contributed by atoms with Gasteiger partial charge in [0, 0.05) is 43.4 Å². The van der Waals surface area contributed by atoms with Gasteiger partial charge in [-0.1, -0.05) is 23.7 Å². The van der Waals surface area contributed by atoms with Crippen molar-refractivity contribution in [2.24, 2.45) is 7.05 Å². The van der Waals surface area contributed by atoms with Gasteiger partial charge in [-0.2, -0.15) is 0 Å². The zero-order chi connectivity index (χ0) is 19.9. The lowest BCUT2D eigenvalue weighted by Crippen LogP contribution is -2.44. The average molecular weight is 401 g/mol. The second-order valence-corrected chi connectivity index (χ2v) is 7.43. The smallest absolute Gasteiger partial charge is 0.330 e. The first-order chi connectivity index (χ1) is 13.5. The molecule has 3 rings (SSSR count). The maximum absolute atomic E-state index is 12.9. The molecule has 1 saturated heterocycles. The highest BCUT2D eigenvalue weighted by atomic mass is 35.5. The van der Waals surface area contributed by atoms with Gasteiger partial charge in [-0.05, 0) is 55.2 Å². The second-order valence-electron chi connectivity index (χ2n) is 7.00. The molecule has 1 aliphatic heterocycles. The Morgan fingerprint density at radius 1 is 1.25 bits per heavy atom. The summed E-state index contributed by atoms with van der Waals surface area (Å²) >= 11 is 5.93. The summed E-state index contributed by atoms with van der Waals surface area (Å²) in [7, 11) is 1.88. The van der Waals surface area contributed by atoms with Gasteiger partial charge < -0.3 is 14.2 Å². The number of aromatic nitrogens is 1. The summed E-state index contributed by atoms with van der Waals surface area (Å²) in [4.78, 5) is 26.7. The summed E-state index contributed by atoms with van der Waals surface area (Å²) in [6, 6.07) is 11.1. The molecule has 1 aromatic carbocycles. The van der Waals surface area contributed by atoms with Crippen molar-refractivity contribution in [3.8, 4) is 0 Å². The SMILES string of the molecule is Cn1cccc1C(=O)N1CCCCC1CCOC(=O)/C=C/c1cccc(Cl)c1. The molecule has 1 aliphatic rings. The monoisotopic (exact) mass is 400 g/mol. The highest BCUT2D eigenvalue weighted by molar-refractivity contribution is 6.30. The fraction of sp³-hybridized carbons (Fsp3) is 0.364. The van der Waals surface area contributed by atoms with Gasteiger partial charge in [-0.15, -0.1) is 0 Å². The standard InChI is InChI=1S/C22H25ClN2O3/c1-24-13-5-9-20(24)22(27)25-14-3-2-8-19(25)12-15-28-21(26)11-10-17-6-4-7-18(23)16-17/h4-7,9-11,13,16,19H,2-3,8,12,14-15H2,1H3/b11-10+. The van der Waals surface area contributed by atoms with Crippen molar-refractivity contribution in [1.29, 1.82) is 0 Å². The molecule has 1 amide bonds. The zero-order valence-electron chi connectivity index (χ0n) is 16.0. The quantitative estimate of drug-likeness (QED) is 0.536. The van der Waals surface area contributed by atoms with Crippen molar-refractivity contribution < 1.29 is 14.3 Å². The van der Waals surface area contributed by atoms with Crippen molar-refractivity contribution in [3.05, 3.63) is 65.0 Å². The molecule has 0 N–H and O–H groups in total. The van der Waals surface area contributed by atoms with Crippen LogP contribution in [0, 0.1) is 0 Å². The molecule has 2 heterocycles. The first-order valence-corrected chi connectivity index (χ1v) is 9.95. The van der Waals surface area contributed by atoms with Crippen LogP contribution in [-0.4, -0.2) is 40.5 Å². The van der Waals surface area contributed by atoms with Gasteiger partial charge in [0.25, 0.3) is 5.91 Å². The summed E-state index contributed by atoms with van der Waals surface area (Å²) in [5.74, 6) is -0.347. The van der Waals surface area contributed by atoms with E-state index in [1.165, 1.54) is 6.08 Å². The molecule has 5 nitrogen and oxygen atoms in total. The molecule has 0 radical (unpaired) electrons. The molecule has 0 saturated carbocycles. The van der Waals surface area contributed by atoms with Crippen LogP contribution in [0.3, 0.4) is 0 Å². The molecule has 0 spiro atoms. The largest absolute Gasteiger partial charge is 0.462 e. The van der Waals surface area contributed by atoms with Crippen LogP contribution in [0.15, 0.2) is 48.7 Å². The van der Waals surface area contributed by atoms with E-state index < -0.39 is 5.97 Å². The Labute approximate surface area is 170 Å². The Balaban J connectivity index is 1.51. The molecule has 1 aromatic heterocycles. The third-order valence-corrected chi connectivity index (χ3v) is 5.24. The van der Waals surface area contributed by atoms with Crippen LogP contribution in [-0.2, 0) is 16.6 Å². The number of aryl methyl sites for hydroxylation is 1. The zero-order valence-corrected chi connectivity index (χ0v) is 16.8. The van der Waals surface area contributed by atoms with Gasteiger partial charge >= 0.3 is 5.97 Å². The number of esters is 1. The van der Waals surface area contributed by atoms with E-state index in [9.17, 15) is 9.59 Å². The molecule has 1 atom stereocenters. The minimum absolute atomic E-state index is 0.0457. The molecule has 0 bridgehead atoms. The van der Waals surface area contributed by atoms with Crippen molar-refractivity contribution in [2.75, 3.05) is 13.2 Å². The fourth-order valence-corrected chi connectivity index (χ4v) is 3.72. The first-order valence-electron chi connectivity index (χ1n) is 9.57. The predicted octanol–water partition coefficient (Wildman–Crippen LogP) is 4.32. The number of likely N-dealkylation sites (tertiary alicyclic amines) is 1. The van der Waals surface area contributed by atoms with Crippen LogP contribution in [0.4, 0.5) is 0 Å². The maximum Gasteiger partial charge on any atom is 0.330 e. The number of rotatable bonds is 6. The maximum atomic E-state index is 12.9. The lowest BCUT2D eigenvalue weighted by Gasteiger charge is -2.35. The molecule has 0 aliphatic carbocycles. The van der Waals surface area contributed by atoms with Crippen LogP contribution < -0.4 is 0 Å². The molecule has 148 valence electrons. The number of halogens is 1. The van der Waals surface area contributed by atoms with E-state index in [2.05, 4.69) is 0 Å².